The summed E-state index contributed by atoms with van der Waals surface area (Å²) < 4.78 is 0. The normalized spacial score (nSPS) is 10.2. The molecule has 2 aromatic rings. The van der Waals surface area contributed by atoms with E-state index in [4.69, 9.17) is 11.6 Å². The quantitative estimate of drug-likeness (QED) is 0.738. The Morgan fingerprint density at radius 1 is 1.21 bits per heavy atom. The number of carbonyl (C=O) groups is 1. The number of rotatable bonds is 2. The number of halogens is 1. The molecule has 3 N–H and O–H groups in total. The molecule has 0 unspecified atom stereocenters. The van der Waals surface area contributed by atoms with Crippen LogP contribution in [0.2, 0.25) is 5.02 Å². The zero-order valence-electron chi connectivity index (χ0n) is 10.1. The Kier molecular flexibility index (Phi) is 3.62. The number of anilines is 1. The monoisotopic (exact) mass is 277 g/mol. The molecule has 0 aromatic heterocycles. The lowest BCUT2D eigenvalue weighted by molar-refractivity contribution is 0.102. The molecule has 2 aromatic carbocycles. The molecular weight excluding hydrogens is 266 g/mol. The number of aromatic hydroxyl groups is 2. The topological polar surface area (TPSA) is 69.6 Å². The highest BCUT2D eigenvalue weighted by molar-refractivity contribution is 6.34. The third-order valence-corrected chi connectivity index (χ3v) is 2.96. The van der Waals surface area contributed by atoms with E-state index in [-0.39, 0.29) is 11.3 Å². The first-order valence-corrected chi connectivity index (χ1v) is 5.95. The Morgan fingerprint density at radius 2 is 1.95 bits per heavy atom. The maximum atomic E-state index is 12.0. The Balaban J connectivity index is 2.31. The Labute approximate surface area is 115 Å². The molecule has 0 aliphatic carbocycles. The van der Waals surface area contributed by atoms with Crippen LogP contribution >= 0.6 is 11.6 Å². The van der Waals surface area contributed by atoms with Crippen LogP contribution in [-0.2, 0) is 0 Å². The standard InChI is InChI=1S/C14H12ClNO3/c1-8-5-6-10(15)11(7-8)16-14(19)9-3-2-4-12(17)13(9)18/h2-7,17-18H,1H3,(H,16,19). The molecule has 0 radical (unpaired) electrons. The second-order valence-corrected chi connectivity index (χ2v) is 4.52. The molecular formula is C14H12ClNO3. The van der Waals surface area contributed by atoms with Gasteiger partial charge in [-0.25, -0.2) is 0 Å². The van der Waals surface area contributed by atoms with Crippen LogP contribution < -0.4 is 5.32 Å². The average molecular weight is 278 g/mol. The first-order chi connectivity index (χ1) is 8.99. The van der Waals surface area contributed by atoms with Crippen molar-refractivity contribution < 1.29 is 15.0 Å². The minimum Gasteiger partial charge on any atom is -0.504 e. The average Bonchev–Trinajstić information content (AvgIpc) is 2.37. The minimum atomic E-state index is -0.541. The van der Waals surface area contributed by atoms with Crippen LogP contribution in [0.15, 0.2) is 36.4 Å². The third kappa shape index (κ3) is 2.80. The first kappa shape index (κ1) is 13.2. The fraction of sp³-hybridized carbons (Fsp3) is 0.0714. The fourth-order valence-corrected chi connectivity index (χ4v) is 1.80. The van der Waals surface area contributed by atoms with Gasteiger partial charge in [-0.15, -0.1) is 0 Å². The highest BCUT2D eigenvalue weighted by atomic mass is 35.5. The number of aryl methyl sites for hydroxylation is 1. The van der Waals surface area contributed by atoms with Gasteiger partial charge in [-0.3, -0.25) is 4.79 Å². The molecule has 4 nitrogen and oxygen atoms in total. The lowest BCUT2D eigenvalue weighted by atomic mass is 10.1. The van der Waals surface area contributed by atoms with E-state index in [0.29, 0.717) is 10.7 Å². The molecule has 0 spiro atoms. The van der Waals surface area contributed by atoms with Gasteiger partial charge in [-0.1, -0.05) is 23.7 Å². The lowest BCUT2D eigenvalue weighted by Gasteiger charge is -2.09. The molecule has 2 rings (SSSR count). The van der Waals surface area contributed by atoms with Crippen molar-refractivity contribution in [3.63, 3.8) is 0 Å². The minimum absolute atomic E-state index is 0.0161. The second kappa shape index (κ2) is 5.20. The number of benzene rings is 2. The van der Waals surface area contributed by atoms with Gasteiger partial charge in [-0.05, 0) is 36.8 Å². The van der Waals surface area contributed by atoms with Crippen LogP contribution in [0.5, 0.6) is 11.5 Å². The van der Waals surface area contributed by atoms with Gasteiger partial charge in [0.1, 0.15) is 0 Å². The molecule has 0 aliphatic heterocycles. The van der Waals surface area contributed by atoms with Crippen molar-refractivity contribution in [3.05, 3.63) is 52.5 Å². The van der Waals surface area contributed by atoms with Gasteiger partial charge >= 0.3 is 0 Å². The van der Waals surface area contributed by atoms with E-state index in [9.17, 15) is 15.0 Å². The van der Waals surface area contributed by atoms with E-state index in [1.165, 1.54) is 18.2 Å². The van der Waals surface area contributed by atoms with E-state index < -0.39 is 11.7 Å². The number of hydrogen-bond acceptors (Lipinski definition) is 3. The molecule has 5 heteroatoms. The van der Waals surface area contributed by atoms with Crippen LogP contribution in [0, 0.1) is 6.92 Å². The second-order valence-electron chi connectivity index (χ2n) is 4.11. The Bertz CT molecular complexity index is 641. The number of amides is 1. The van der Waals surface area contributed by atoms with Crippen molar-refractivity contribution in [1.29, 1.82) is 0 Å². The number of carbonyl (C=O) groups excluding carboxylic acids is 1. The Hall–Kier alpha value is -2.20. The van der Waals surface area contributed by atoms with Crippen LogP contribution in [0.4, 0.5) is 5.69 Å². The molecule has 0 atom stereocenters. The van der Waals surface area contributed by atoms with E-state index >= 15 is 0 Å². The zero-order chi connectivity index (χ0) is 14.0. The molecule has 0 bridgehead atoms. The number of hydrogen-bond donors (Lipinski definition) is 3. The van der Waals surface area contributed by atoms with Gasteiger partial charge in [0.05, 0.1) is 16.3 Å². The Morgan fingerprint density at radius 3 is 2.68 bits per heavy atom. The number of phenols is 2. The van der Waals surface area contributed by atoms with Gasteiger partial charge < -0.3 is 15.5 Å². The smallest absolute Gasteiger partial charge is 0.259 e. The fourth-order valence-electron chi connectivity index (χ4n) is 1.64. The predicted molar refractivity (Wildman–Crippen MR) is 73.9 cm³/mol. The summed E-state index contributed by atoms with van der Waals surface area (Å²) in [6.07, 6.45) is 0. The van der Waals surface area contributed by atoms with Crippen LogP contribution in [-0.4, -0.2) is 16.1 Å². The van der Waals surface area contributed by atoms with E-state index in [2.05, 4.69) is 5.32 Å². The van der Waals surface area contributed by atoms with Crippen molar-refractivity contribution in [2.45, 2.75) is 6.92 Å². The maximum Gasteiger partial charge on any atom is 0.259 e. The molecule has 0 saturated heterocycles. The highest BCUT2D eigenvalue weighted by Gasteiger charge is 2.15. The third-order valence-electron chi connectivity index (χ3n) is 2.63. The molecule has 0 aliphatic rings. The van der Waals surface area contributed by atoms with E-state index in [1.807, 2.05) is 13.0 Å². The summed E-state index contributed by atoms with van der Waals surface area (Å²) in [7, 11) is 0. The molecule has 0 fully saturated rings. The largest absolute Gasteiger partial charge is 0.504 e. The molecule has 1 amide bonds. The molecule has 0 heterocycles. The highest BCUT2D eigenvalue weighted by Crippen LogP contribution is 2.30. The zero-order valence-corrected chi connectivity index (χ0v) is 10.9. The van der Waals surface area contributed by atoms with Crippen molar-refractivity contribution in [1.82, 2.24) is 0 Å². The van der Waals surface area contributed by atoms with Gasteiger partial charge in [0.25, 0.3) is 5.91 Å². The van der Waals surface area contributed by atoms with Crippen molar-refractivity contribution in [3.8, 4) is 11.5 Å². The predicted octanol–water partition coefficient (Wildman–Crippen LogP) is 3.31. The van der Waals surface area contributed by atoms with Gasteiger partial charge in [0.2, 0.25) is 0 Å². The number of nitrogens with one attached hydrogen (secondary N) is 1. The first-order valence-electron chi connectivity index (χ1n) is 5.57. The van der Waals surface area contributed by atoms with Crippen LogP contribution in [0.1, 0.15) is 15.9 Å². The summed E-state index contributed by atoms with van der Waals surface area (Å²) in [5.74, 6) is -1.34. The summed E-state index contributed by atoms with van der Waals surface area (Å²) in [5, 5.41) is 22.0. The van der Waals surface area contributed by atoms with E-state index in [0.717, 1.165) is 5.56 Å². The molecule has 0 saturated carbocycles. The van der Waals surface area contributed by atoms with Crippen molar-refractivity contribution >= 4 is 23.2 Å². The van der Waals surface area contributed by atoms with Crippen LogP contribution in [0.25, 0.3) is 0 Å². The number of para-hydroxylation sites is 1. The SMILES string of the molecule is Cc1ccc(Cl)c(NC(=O)c2cccc(O)c2O)c1. The summed E-state index contributed by atoms with van der Waals surface area (Å²) in [5.41, 5.74) is 1.38. The summed E-state index contributed by atoms with van der Waals surface area (Å²) in [4.78, 5) is 12.0. The summed E-state index contributed by atoms with van der Waals surface area (Å²) in [6, 6.07) is 9.40. The molecule has 19 heavy (non-hydrogen) atoms. The lowest BCUT2D eigenvalue weighted by Crippen LogP contribution is -2.12. The summed E-state index contributed by atoms with van der Waals surface area (Å²) in [6.45, 7) is 1.87. The van der Waals surface area contributed by atoms with E-state index in [1.54, 1.807) is 12.1 Å². The van der Waals surface area contributed by atoms with Gasteiger partial charge in [-0.2, -0.15) is 0 Å². The summed E-state index contributed by atoms with van der Waals surface area (Å²) >= 11 is 5.97. The van der Waals surface area contributed by atoms with Gasteiger partial charge in [0, 0.05) is 0 Å². The maximum absolute atomic E-state index is 12.0. The van der Waals surface area contributed by atoms with Crippen molar-refractivity contribution in [2.24, 2.45) is 0 Å². The van der Waals surface area contributed by atoms with Crippen molar-refractivity contribution in [2.75, 3.05) is 5.32 Å². The van der Waals surface area contributed by atoms with Gasteiger partial charge in [0.15, 0.2) is 11.5 Å². The molecule has 98 valence electrons. The van der Waals surface area contributed by atoms with Crippen LogP contribution in [0.3, 0.4) is 0 Å². The number of phenolic OH excluding ortho intramolecular Hbond substituents is 2.